The summed E-state index contributed by atoms with van der Waals surface area (Å²) in [5, 5.41) is 7.31. The van der Waals surface area contributed by atoms with Crippen LogP contribution in [0.5, 0.6) is 0 Å². The zero-order chi connectivity index (χ0) is 25.0. The fourth-order valence-electron chi connectivity index (χ4n) is 5.20. The highest BCUT2D eigenvalue weighted by atomic mass is 19.4. The fourth-order valence-corrected chi connectivity index (χ4v) is 5.20. The number of H-pyrrole nitrogens is 1. The van der Waals surface area contributed by atoms with Crippen LogP contribution in [0.2, 0.25) is 0 Å². The summed E-state index contributed by atoms with van der Waals surface area (Å²) in [6.45, 7) is 7.17. The molecular formula is C24H25F3N8O. The summed E-state index contributed by atoms with van der Waals surface area (Å²) in [5.74, 6) is 1.03. The van der Waals surface area contributed by atoms with Crippen molar-refractivity contribution in [3.63, 3.8) is 0 Å². The first kappa shape index (κ1) is 22.9. The van der Waals surface area contributed by atoms with E-state index < -0.39 is 11.7 Å². The Balaban J connectivity index is 1.36. The summed E-state index contributed by atoms with van der Waals surface area (Å²) >= 11 is 0. The van der Waals surface area contributed by atoms with Gasteiger partial charge in [-0.05, 0) is 32.0 Å². The molecule has 0 spiro atoms. The summed E-state index contributed by atoms with van der Waals surface area (Å²) in [5.41, 5.74) is 2.20. The van der Waals surface area contributed by atoms with Crippen molar-refractivity contribution in [3.05, 3.63) is 59.8 Å². The summed E-state index contributed by atoms with van der Waals surface area (Å²) < 4.78 is 46.8. The molecule has 6 rings (SSSR count). The van der Waals surface area contributed by atoms with E-state index in [1.54, 1.807) is 6.20 Å². The molecule has 0 aliphatic carbocycles. The van der Waals surface area contributed by atoms with Crippen LogP contribution in [0.4, 0.5) is 19.0 Å². The third kappa shape index (κ3) is 3.80. The number of hydrogen-bond donors (Lipinski definition) is 1. The van der Waals surface area contributed by atoms with Gasteiger partial charge in [0, 0.05) is 42.8 Å². The lowest BCUT2D eigenvalue weighted by Gasteiger charge is -2.51. The number of anilines is 1. The van der Waals surface area contributed by atoms with E-state index in [-0.39, 0.29) is 12.1 Å². The van der Waals surface area contributed by atoms with Gasteiger partial charge in [0.2, 0.25) is 0 Å². The average Bonchev–Trinajstić information content (AvgIpc) is 3.43. The third-order valence-electron chi connectivity index (χ3n) is 7.18. The van der Waals surface area contributed by atoms with Crippen LogP contribution in [0.25, 0.3) is 17.2 Å². The number of aromatic nitrogens is 6. The van der Waals surface area contributed by atoms with Gasteiger partial charge in [0.05, 0.1) is 43.3 Å². The van der Waals surface area contributed by atoms with Crippen molar-refractivity contribution in [3.8, 4) is 11.5 Å². The molecular weight excluding hydrogens is 473 g/mol. The number of piperazine rings is 1. The number of alkyl halides is 3. The zero-order valence-corrected chi connectivity index (χ0v) is 19.8. The second-order valence-corrected chi connectivity index (χ2v) is 9.28. The van der Waals surface area contributed by atoms with Gasteiger partial charge in [-0.15, -0.1) is 0 Å². The predicted octanol–water partition coefficient (Wildman–Crippen LogP) is 3.49. The van der Waals surface area contributed by atoms with Crippen LogP contribution in [-0.2, 0) is 10.9 Å². The van der Waals surface area contributed by atoms with Gasteiger partial charge in [-0.25, -0.2) is 15.0 Å². The monoisotopic (exact) mass is 498 g/mol. The molecule has 0 amide bonds. The molecule has 0 aromatic carbocycles. The quantitative estimate of drug-likeness (QED) is 0.461. The molecule has 12 heteroatoms. The second-order valence-electron chi connectivity index (χ2n) is 9.28. The Morgan fingerprint density at radius 2 is 1.92 bits per heavy atom. The first-order chi connectivity index (χ1) is 17.3. The molecule has 0 bridgehead atoms. The SMILES string of the molecule is Cc1[nH]ncc1[C@H]1[C@H](C)N(c2ccnc(-c3cnc4ccc(C(F)(F)F)cn34)n2)CCN1C1COC1. The number of nitrogens with zero attached hydrogens (tertiary/aromatic N) is 7. The van der Waals surface area contributed by atoms with E-state index in [0.717, 1.165) is 36.6 Å². The van der Waals surface area contributed by atoms with E-state index in [9.17, 15) is 13.2 Å². The van der Waals surface area contributed by atoms with Gasteiger partial charge in [0.15, 0.2) is 5.82 Å². The topological polar surface area (TPSA) is 87.5 Å². The molecule has 188 valence electrons. The van der Waals surface area contributed by atoms with Gasteiger partial charge in [0.1, 0.15) is 17.2 Å². The zero-order valence-electron chi connectivity index (χ0n) is 19.8. The summed E-state index contributed by atoms with van der Waals surface area (Å²) in [4.78, 5) is 18.1. The number of ether oxygens (including phenoxy) is 1. The molecule has 0 unspecified atom stereocenters. The van der Waals surface area contributed by atoms with Crippen LogP contribution >= 0.6 is 0 Å². The number of pyridine rings is 1. The normalized spacial score (nSPS) is 21.8. The summed E-state index contributed by atoms with van der Waals surface area (Å²) in [6, 6.07) is 4.70. The molecule has 2 aliphatic heterocycles. The first-order valence-electron chi connectivity index (χ1n) is 11.8. The highest BCUT2D eigenvalue weighted by Crippen LogP contribution is 2.37. The van der Waals surface area contributed by atoms with Gasteiger partial charge in [-0.2, -0.15) is 18.3 Å². The Morgan fingerprint density at radius 1 is 1.08 bits per heavy atom. The van der Waals surface area contributed by atoms with Crippen LogP contribution in [-0.4, -0.2) is 72.8 Å². The number of rotatable bonds is 4. The minimum absolute atomic E-state index is 0.0532. The van der Waals surface area contributed by atoms with Crippen LogP contribution in [0.3, 0.4) is 0 Å². The van der Waals surface area contributed by atoms with E-state index in [1.165, 1.54) is 16.7 Å². The number of halogens is 3. The van der Waals surface area contributed by atoms with Crippen molar-refractivity contribution in [2.45, 2.75) is 38.1 Å². The Bertz CT molecular complexity index is 1400. The summed E-state index contributed by atoms with van der Waals surface area (Å²) in [7, 11) is 0. The lowest BCUT2D eigenvalue weighted by molar-refractivity contribution is -0.137. The van der Waals surface area contributed by atoms with Gasteiger partial charge < -0.3 is 9.64 Å². The van der Waals surface area contributed by atoms with E-state index in [1.807, 2.05) is 19.2 Å². The van der Waals surface area contributed by atoms with Gasteiger partial charge in [-0.3, -0.25) is 14.4 Å². The molecule has 1 N–H and O–H groups in total. The maximum Gasteiger partial charge on any atom is 0.417 e. The Hall–Kier alpha value is -3.51. The van der Waals surface area contributed by atoms with Crippen molar-refractivity contribution in [1.29, 1.82) is 0 Å². The number of nitrogens with one attached hydrogen (secondary N) is 1. The first-order valence-corrected chi connectivity index (χ1v) is 11.8. The van der Waals surface area contributed by atoms with E-state index in [2.05, 4.69) is 36.9 Å². The number of aryl methyl sites for hydroxylation is 1. The average molecular weight is 499 g/mol. The largest absolute Gasteiger partial charge is 0.417 e. The molecule has 0 radical (unpaired) electrons. The Kier molecular flexibility index (Phi) is 5.45. The van der Waals surface area contributed by atoms with Gasteiger partial charge in [0.25, 0.3) is 0 Å². The predicted molar refractivity (Wildman–Crippen MR) is 125 cm³/mol. The molecule has 2 fully saturated rings. The number of aromatic amines is 1. The van der Waals surface area contributed by atoms with E-state index in [4.69, 9.17) is 9.72 Å². The molecule has 0 saturated carbocycles. The molecule has 2 saturated heterocycles. The van der Waals surface area contributed by atoms with Crippen LogP contribution in [0.1, 0.15) is 29.8 Å². The molecule has 2 atom stereocenters. The smallest absolute Gasteiger partial charge is 0.378 e. The maximum atomic E-state index is 13.3. The Labute approximate surface area is 204 Å². The molecule has 2 aliphatic rings. The van der Waals surface area contributed by atoms with E-state index in [0.29, 0.717) is 42.2 Å². The third-order valence-corrected chi connectivity index (χ3v) is 7.18. The van der Waals surface area contributed by atoms with Crippen molar-refractivity contribution in [2.24, 2.45) is 0 Å². The summed E-state index contributed by atoms with van der Waals surface area (Å²) in [6.07, 6.45) is 1.60. The maximum absolute atomic E-state index is 13.3. The minimum Gasteiger partial charge on any atom is -0.378 e. The number of fused-ring (bicyclic) bond motifs is 1. The van der Waals surface area contributed by atoms with E-state index >= 15 is 0 Å². The molecule has 4 aromatic heterocycles. The highest BCUT2D eigenvalue weighted by Gasteiger charge is 2.42. The van der Waals surface area contributed by atoms with Crippen molar-refractivity contribution in [1.82, 2.24) is 34.4 Å². The number of imidazole rings is 1. The molecule has 36 heavy (non-hydrogen) atoms. The fraction of sp³-hybridized carbons (Fsp3) is 0.417. The number of hydrogen-bond acceptors (Lipinski definition) is 7. The Morgan fingerprint density at radius 3 is 2.61 bits per heavy atom. The standard InChI is InChI=1S/C24H25F3N8O/c1-14-18(9-30-32-14)22-15(2)33(7-8-34(22)17-12-36-13-17)21-5-6-28-23(31-21)19-10-29-20-4-3-16(11-35(19)20)24(25,26)27/h3-6,9-11,15,17,22H,7-8,12-13H2,1-2H3,(H,30,32)/t15-,22+/m0/s1. The lowest BCUT2D eigenvalue weighted by atomic mass is 9.93. The van der Waals surface area contributed by atoms with Crippen LogP contribution in [0, 0.1) is 6.92 Å². The molecule has 4 aromatic rings. The lowest BCUT2D eigenvalue weighted by Crippen LogP contribution is -2.61. The van der Waals surface area contributed by atoms with Crippen molar-refractivity contribution in [2.75, 3.05) is 31.2 Å². The second kappa shape index (κ2) is 8.56. The van der Waals surface area contributed by atoms with Gasteiger partial charge >= 0.3 is 6.18 Å². The minimum atomic E-state index is -4.46. The molecule has 6 heterocycles. The van der Waals surface area contributed by atoms with Crippen molar-refractivity contribution >= 4 is 11.5 Å². The van der Waals surface area contributed by atoms with Crippen LogP contribution in [0.15, 0.2) is 43.0 Å². The van der Waals surface area contributed by atoms with Crippen LogP contribution < -0.4 is 4.90 Å². The van der Waals surface area contributed by atoms with Crippen molar-refractivity contribution < 1.29 is 17.9 Å². The van der Waals surface area contributed by atoms with Gasteiger partial charge in [-0.1, -0.05) is 0 Å². The molecule has 9 nitrogen and oxygen atoms in total. The highest BCUT2D eigenvalue weighted by molar-refractivity contribution is 5.59.